The maximum Gasteiger partial charge on any atom is 0.200 e. The second kappa shape index (κ2) is 4.66. The zero-order valence-corrected chi connectivity index (χ0v) is 7.82. The Kier molecular flexibility index (Phi) is 4.11. The average Bonchev–Trinajstić information content (AvgIpc) is 2.09. The molecule has 12 heavy (non-hydrogen) atoms. The van der Waals surface area contributed by atoms with Gasteiger partial charge in [-0.3, -0.25) is 4.18 Å². The third-order valence-corrected chi connectivity index (χ3v) is 2.11. The highest BCUT2D eigenvalue weighted by Gasteiger charge is 2.40. The first kappa shape index (κ1) is 10.6. The van der Waals surface area contributed by atoms with Gasteiger partial charge < -0.3 is 19.1 Å². The van der Waals surface area contributed by atoms with Crippen LogP contribution in [0, 0.1) is 0 Å². The van der Waals surface area contributed by atoms with Gasteiger partial charge in [-0.05, 0) is 25.8 Å². The molecule has 72 valence electrons. The van der Waals surface area contributed by atoms with Crippen LogP contribution in [-0.2, 0) is 13.1 Å². The van der Waals surface area contributed by atoms with Gasteiger partial charge in [-0.25, -0.2) is 0 Å². The van der Waals surface area contributed by atoms with Crippen LogP contribution in [0.4, 0.5) is 0 Å². The first-order valence-electron chi connectivity index (χ1n) is 3.29. The van der Waals surface area contributed by atoms with Crippen molar-refractivity contribution in [2.45, 2.75) is 24.6 Å². The second-order valence-corrected chi connectivity index (χ2v) is 2.86. The van der Waals surface area contributed by atoms with E-state index >= 15 is 0 Å². The highest BCUT2D eigenvalue weighted by atomic mass is 32.1. The Labute approximate surface area is 80.9 Å². The fourth-order valence-electron chi connectivity index (χ4n) is 0.969. The Morgan fingerprint density at radius 3 is 2.42 bits per heavy atom. The van der Waals surface area contributed by atoms with Gasteiger partial charge in [-0.1, -0.05) is 0 Å². The van der Waals surface area contributed by atoms with Crippen molar-refractivity contribution >= 4 is 25.8 Å². The van der Waals surface area contributed by atoms with Crippen molar-refractivity contribution in [3.8, 4) is 0 Å². The third-order valence-electron chi connectivity index (χ3n) is 1.66. The van der Waals surface area contributed by atoms with Crippen molar-refractivity contribution < 1.29 is 23.3 Å². The Hall–Kier alpha value is 0.500. The van der Waals surface area contributed by atoms with Gasteiger partial charge in [0.15, 0.2) is 12.4 Å². The summed E-state index contributed by atoms with van der Waals surface area (Å²) < 4.78 is 14.0. The molecule has 4 atom stereocenters. The lowest BCUT2D eigenvalue weighted by atomic mass is 10.1. The van der Waals surface area contributed by atoms with Crippen LogP contribution in [-0.4, -0.2) is 41.4 Å². The zero-order valence-electron chi connectivity index (χ0n) is 6.03. The molecule has 0 amide bonds. The molecular formula is C5H10O5S2. The molecular weight excluding hydrogens is 204 g/mol. The van der Waals surface area contributed by atoms with Crippen LogP contribution in [0.2, 0.25) is 0 Å². The molecule has 0 aromatic carbocycles. The van der Waals surface area contributed by atoms with Crippen LogP contribution in [0.15, 0.2) is 0 Å². The Morgan fingerprint density at radius 1 is 1.25 bits per heavy atom. The van der Waals surface area contributed by atoms with E-state index in [2.05, 4.69) is 34.2 Å². The summed E-state index contributed by atoms with van der Waals surface area (Å²) in [7, 11) is 0. The molecule has 0 radical (unpaired) electrons. The zero-order chi connectivity index (χ0) is 9.14. The predicted octanol–water partition coefficient (Wildman–Crippen LogP) is -0.844. The average molecular weight is 214 g/mol. The summed E-state index contributed by atoms with van der Waals surface area (Å²) in [4.78, 5) is 0. The standard InChI is InChI=1S/C5H10O5S2/c6-2-1-8-5(10-12)4(9-11)3(2)7/h2-7,11-12H,1H2/t2-,3-,4+,5+/m1/s1. The molecule has 0 aliphatic carbocycles. The van der Waals surface area contributed by atoms with Crippen LogP contribution in [0.5, 0.6) is 0 Å². The topological polar surface area (TPSA) is 68.2 Å². The number of ether oxygens (including phenoxy) is 1. The van der Waals surface area contributed by atoms with Gasteiger partial charge in [-0.2, -0.15) is 0 Å². The molecule has 1 saturated heterocycles. The largest absolute Gasteiger partial charge is 0.388 e. The first-order valence-corrected chi connectivity index (χ1v) is 4.02. The third kappa shape index (κ3) is 2.05. The van der Waals surface area contributed by atoms with Crippen LogP contribution in [0.25, 0.3) is 0 Å². The highest BCUT2D eigenvalue weighted by Crippen LogP contribution is 2.21. The number of hydrogen-bond acceptors (Lipinski definition) is 7. The molecule has 1 rings (SSSR count). The second-order valence-electron chi connectivity index (χ2n) is 2.44. The first-order chi connectivity index (χ1) is 5.70. The molecule has 1 aliphatic rings. The fourth-order valence-corrected chi connectivity index (χ4v) is 1.37. The molecule has 2 N–H and O–H groups in total. The smallest absolute Gasteiger partial charge is 0.200 e. The van der Waals surface area contributed by atoms with Crippen molar-refractivity contribution in [2.24, 2.45) is 0 Å². The minimum absolute atomic E-state index is 0.0139. The van der Waals surface area contributed by atoms with Crippen molar-refractivity contribution in [3.05, 3.63) is 0 Å². The molecule has 1 fully saturated rings. The lowest BCUT2D eigenvalue weighted by Crippen LogP contribution is -2.53. The molecule has 0 saturated carbocycles. The minimum atomic E-state index is -1.08. The van der Waals surface area contributed by atoms with E-state index in [1.54, 1.807) is 0 Å². The SMILES string of the molecule is O[C@H]1[C@H](OS)[C@H](OS)OC[C@H]1O. The van der Waals surface area contributed by atoms with Crippen LogP contribution in [0.3, 0.4) is 0 Å². The molecule has 0 spiro atoms. The van der Waals surface area contributed by atoms with Crippen LogP contribution in [0.1, 0.15) is 0 Å². The number of aliphatic hydroxyl groups excluding tert-OH is 2. The van der Waals surface area contributed by atoms with E-state index in [0.29, 0.717) is 0 Å². The van der Waals surface area contributed by atoms with E-state index < -0.39 is 24.6 Å². The van der Waals surface area contributed by atoms with E-state index in [9.17, 15) is 5.11 Å². The lowest BCUT2D eigenvalue weighted by Gasteiger charge is -2.34. The van der Waals surface area contributed by atoms with Gasteiger partial charge in [0.05, 0.1) is 6.61 Å². The molecule has 1 heterocycles. The Morgan fingerprint density at radius 2 is 1.92 bits per heavy atom. The minimum Gasteiger partial charge on any atom is -0.388 e. The van der Waals surface area contributed by atoms with Gasteiger partial charge in [0.2, 0.25) is 0 Å². The van der Waals surface area contributed by atoms with Gasteiger partial charge in [-0.15, -0.1) is 0 Å². The quantitative estimate of drug-likeness (QED) is 0.356. The lowest BCUT2D eigenvalue weighted by molar-refractivity contribution is -0.226. The van der Waals surface area contributed by atoms with Crippen LogP contribution >= 0.6 is 25.8 Å². The van der Waals surface area contributed by atoms with Crippen molar-refractivity contribution in [1.29, 1.82) is 0 Å². The van der Waals surface area contributed by atoms with Gasteiger partial charge in [0.1, 0.15) is 12.2 Å². The van der Waals surface area contributed by atoms with Crippen LogP contribution < -0.4 is 0 Å². The summed E-state index contributed by atoms with van der Waals surface area (Å²) in [5.41, 5.74) is 0. The van der Waals surface area contributed by atoms with Gasteiger partial charge in [0, 0.05) is 0 Å². The summed E-state index contributed by atoms with van der Waals surface area (Å²) >= 11 is 7.03. The normalized spacial score (nSPS) is 43.0. The molecule has 0 aromatic rings. The monoisotopic (exact) mass is 214 g/mol. The molecule has 7 heteroatoms. The van der Waals surface area contributed by atoms with Crippen molar-refractivity contribution in [1.82, 2.24) is 0 Å². The molecule has 5 nitrogen and oxygen atoms in total. The summed E-state index contributed by atoms with van der Waals surface area (Å²) in [5, 5.41) is 18.4. The Balaban J connectivity index is 2.58. The van der Waals surface area contributed by atoms with E-state index in [-0.39, 0.29) is 6.61 Å². The van der Waals surface area contributed by atoms with E-state index in [1.807, 2.05) is 0 Å². The van der Waals surface area contributed by atoms with E-state index in [1.165, 1.54) is 0 Å². The maximum atomic E-state index is 9.32. The molecule has 0 unspecified atom stereocenters. The Bertz CT molecular complexity index is 144. The summed E-state index contributed by atoms with van der Waals surface area (Å²) in [6.45, 7) is -0.0139. The highest BCUT2D eigenvalue weighted by molar-refractivity contribution is 7.75. The molecule has 1 aliphatic heterocycles. The van der Waals surface area contributed by atoms with Gasteiger partial charge >= 0.3 is 0 Å². The van der Waals surface area contributed by atoms with E-state index in [4.69, 9.17) is 9.84 Å². The number of thiol groups is 2. The number of aliphatic hydroxyl groups is 2. The number of hydrogen-bond donors (Lipinski definition) is 4. The summed E-state index contributed by atoms with van der Waals surface area (Å²) in [6, 6.07) is 0. The molecule has 0 bridgehead atoms. The predicted molar refractivity (Wildman–Crippen MR) is 45.7 cm³/mol. The maximum absolute atomic E-state index is 9.32. The van der Waals surface area contributed by atoms with Gasteiger partial charge in [0.25, 0.3) is 0 Å². The summed E-state index contributed by atoms with van der Waals surface area (Å²) in [6.07, 6.45) is -3.71. The summed E-state index contributed by atoms with van der Waals surface area (Å²) in [5.74, 6) is 0. The molecule has 0 aromatic heterocycles. The number of rotatable bonds is 2. The van der Waals surface area contributed by atoms with Crippen molar-refractivity contribution in [3.63, 3.8) is 0 Å². The van der Waals surface area contributed by atoms with E-state index in [0.717, 1.165) is 0 Å². The fraction of sp³-hybridized carbons (Fsp3) is 1.00. The van der Waals surface area contributed by atoms with Crippen molar-refractivity contribution in [2.75, 3.05) is 6.61 Å².